The fourth-order valence-electron chi connectivity index (χ4n) is 2.18. The van der Waals surface area contributed by atoms with E-state index in [1.165, 1.54) is 0 Å². The zero-order valence-electron chi connectivity index (χ0n) is 15.4. The summed E-state index contributed by atoms with van der Waals surface area (Å²) >= 11 is 0. The predicted molar refractivity (Wildman–Crippen MR) is 94.2 cm³/mol. The van der Waals surface area contributed by atoms with Gasteiger partial charge in [0.25, 0.3) is 0 Å². The highest BCUT2D eigenvalue weighted by Crippen LogP contribution is 2.10. The Morgan fingerprint density at radius 2 is 1.56 bits per heavy atom. The number of carbonyl (C=O) groups excluding carboxylic acids is 3. The standard InChI is InChI=1S/C16H28N4O7/c1-3-8(2)13(20-14(24)9(17)4-7-12(22)23)15(25)19-10(16(26)27)5-6-11(18)21/h8-10,13H,3-7,17H2,1-2H3,(H2,18,21)(H,19,25)(H,20,24)(H,22,23)(H,26,27)/t8-,9-,10-,13-/m0/s1. The van der Waals surface area contributed by atoms with Gasteiger partial charge < -0.3 is 32.3 Å². The zero-order valence-corrected chi connectivity index (χ0v) is 15.4. The lowest BCUT2D eigenvalue weighted by Gasteiger charge is -2.26. The molecule has 11 nitrogen and oxygen atoms in total. The van der Waals surface area contributed by atoms with Gasteiger partial charge in [0.15, 0.2) is 0 Å². The largest absolute Gasteiger partial charge is 0.481 e. The van der Waals surface area contributed by atoms with Crippen molar-refractivity contribution in [3.63, 3.8) is 0 Å². The van der Waals surface area contributed by atoms with Crippen LogP contribution in [0.1, 0.15) is 46.0 Å². The second-order valence-electron chi connectivity index (χ2n) is 6.32. The molecule has 0 rings (SSSR count). The van der Waals surface area contributed by atoms with E-state index in [0.717, 1.165) is 0 Å². The van der Waals surface area contributed by atoms with Crippen molar-refractivity contribution < 1.29 is 34.2 Å². The van der Waals surface area contributed by atoms with E-state index in [4.69, 9.17) is 16.6 Å². The number of nitrogens with two attached hydrogens (primary N) is 2. The maximum Gasteiger partial charge on any atom is 0.326 e. The predicted octanol–water partition coefficient (Wildman–Crippen LogP) is -1.46. The Labute approximate surface area is 156 Å². The van der Waals surface area contributed by atoms with Crippen molar-refractivity contribution in [2.75, 3.05) is 0 Å². The minimum absolute atomic E-state index is 0.105. The first-order valence-electron chi connectivity index (χ1n) is 8.58. The van der Waals surface area contributed by atoms with Gasteiger partial charge in [-0.25, -0.2) is 4.79 Å². The normalized spacial score (nSPS) is 15.1. The number of carboxylic acid groups (broad SMARTS) is 2. The molecule has 0 aromatic rings. The molecule has 0 bridgehead atoms. The number of rotatable bonds is 13. The third-order valence-electron chi connectivity index (χ3n) is 4.09. The third-order valence-corrected chi connectivity index (χ3v) is 4.09. The maximum atomic E-state index is 12.5. The van der Waals surface area contributed by atoms with Crippen molar-refractivity contribution in [2.45, 2.75) is 64.1 Å². The lowest BCUT2D eigenvalue weighted by Crippen LogP contribution is -2.56. The summed E-state index contributed by atoms with van der Waals surface area (Å²) in [5, 5.41) is 22.5. The van der Waals surface area contributed by atoms with Crippen LogP contribution in [0.15, 0.2) is 0 Å². The van der Waals surface area contributed by atoms with E-state index in [2.05, 4.69) is 10.6 Å². The number of aliphatic carboxylic acids is 2. The zero-order chi connectivity index (χ0) is 21.1. The van der Waals surface area contributed by atoms with Gasteiger partial charge in [0.05, 0.1) is 6.04 Å². The van der Waals surface area contributed by atoms with Crippen LogP contribution in [0.3, 0.4) is 0 Å². The van der Waals surface area contributed by atoms with Crippen LogP contribution in [-0.4, -0.2) is 58.0 Å². The topological polar surface area (TPSA) is 202 Å². The van der Waals surface area contributed by atoms with Crippen molar-refractivity contribution in [3.05, 3.63) is 0 Å². The van der Waals surface area contributed by atoms with Crippen LogP contribution in [0, 0.1) is 5.92 Å². The van der Waals surface area contributed by atoms with Gasteiger partial charge in [-0.2, -0.15) is 0 Å². The van der Waals surface area contributed by atoms with Crippen LogP contribution in [0.5, 0.6) is 0 Å². The van der Waals surface area contributed by atoms with E-state index in [1.807, 2.05) is 0 Å². The van der Waals surface area contributed by atoms with Crippen molar-refractivity contribution in [2.24, 2.45) is 17.4 Å². The molecule has 0 aromatic heterocycles. The minimum Gasteiger partial charge on any atom is -0.481 e. The number of carboxylic acids is 2. The van der Waals surface area contributed by atoms with Gasteiger partial charge >= 0.3 is 11.9 Å². The average molecular weight is 388 g/mol. The number of hydrogen-bond acceptors (Lipinski definition) is 6. The molecule has 0 unspecified atom stereocenters. The Morgan fingerprint density at radius 3 is 2.00 bits per heavy atom. The highest BCUT2D eigenvalue weighted by Gasteiger charge is 2.31. The first kappa shape index (κ1) is 24.3. The molecule has 27 heavy (non-hydrogen) atoms. The number of amides is 3. The second kappa shape index (κ2) is 11.8. The van der Waals surface area contributed by atoms with Crippen LogP contribution in [0.25, 0.3) is 0 Å². The molecular weight excluding hydrogens is 360 g/mol. The Bertz CT molecular complexity index is 567. The van der Waals surface area contributed by atoms with Crippen LogP contribution < -0.4 is 22.1 Å². The monoisotopic (exact) mass is 388 g/mol. The molecule has 3 amide bonds. The van der Waals surface area contributed by atoms with Gasteiger partial charge in [-0.3, -0.25) is 19.2 Å². The summed E-state index contributed by atoms with van der Waals surface area (Å²) in [4.78, 5) is 57.3. The molecule has 0 fully saturated rings. The van der Waals surface area contributed by atoms with E-state index in [0.29, 0.717) is 6.42 Å². The molecular formula is C16H28N4O7. The molecule has 0 saturated carbocycles. The summed E-state index contributed by atoms with van der Waals surface area (Å²) < 4.78 is 0. The van der Waals surface area contributed by atoms with Crippen molar-refractivity contribution in [1.29, 1.82) is 0 Å². The summed E-state index contributed by atoms with van der Waals surface area (Å²) in [6, 6.07) is -3.52. The van der Waals surface area contributed by atoms with E-state index in [1.54, 1.807) is 13.8 Å². The first-order chi connectivity index (χ1) is 12.5. The van der Waals surface area contributed by atoms with E-state index in [-0.39, 0.29) is 31.6 Å². The summed E-state index contributed by atoms with van der Waals surface area (Å²) in [6.07, 6.45) is -0.315. The minimum atomic E-state index is -1.34. The van der Waals surface area contributed by atoms with Crippen LogP contribution in [-0.2, 0) is 24.0 Å². The fraction of sp³-hybridized carbons (Fsp3) is 0.688. The molecule has 0 aliphatic heterocycles. The molecule has 4 atom stereocenters. The smallest absolute Gasteiger partial charge is 0.326 e. The average Bonchev–Trinajstić information content (AvgIpc) is 2.59. The lowest BCUT2D eigenvalue weighted by molar-refractivity contribution is -0.142. The van der Waals surface area contributed by atoms with Gasteiger partial charge in [0.2, 0.25) is 17.7 Å². The van der Waals surface area contributed by atoms with Crippen LogP contribution in [0.2, 0.25) is 0 Å². The fourth-order valence-corrected chi connectivity index (χ4v) is 2.18. The highest BCUT2D eigenvalue weighted by molar-refractivity contribution is 5.92. The van der Waals surface area contributed by atoms with Gasteiger partial charge in [-0.15, -0.1) is 0 Å². The second-order valence-corrected chi connectivity index (χ2v) is 6.32. The number of hydrogen-bond donors (Lipinski definition) is 6. The van der Waals surface area contributed by atoms with Crippen LogP contribution in [0.4, 0.5) is 0 Å². The maximum absolute atomic E-state index is 12.5. The molecule has 0 heterocycles. The number of carbonyl (C=O) groups is 5. The van der Waals surface area contributed by atoms with Crippen LogP contribution >= 0.6 is 0 Å². The Morgan fingerprint density at radius 1 is 0.963 bits per heavy atom. The van der Waals surface area contributed by atoms with Gasteiger partial charge in [-0.05, 0) is 18.8 Å². The molecule has 11 heteroatoms. The molecule has 8 N–H and O–H groups in total. The summed E-state index contributed by atoms with van der Waals surface area (Å²) in [5.41, 5.74) is 10.6. The van der Waals surface area contributed by atoms with Gasteiger partial charge in [-0.1, -0.05) is 20.3 Å². The number of nitrogens with one attached hydrogen (secondary N) is 2. The molecule has 0 aliphatic rings. The Hall–Kier alpha value is -2.69. The summed E-state index contributed by atoms with van der Waals surface area (Å²) in [5.74, 6) is -4.93. The Kier molecular flexibility index (Phi) is 10.7. The Balaban J connectivity index is 5.07. The quantitative estimate of drug-likeness (QED) is 0.220. The van der Waals surface area contributed by atoms with E-state index < -0.39 is 47.8 Å². The van der Waals surface area contributed by atoms with Gasteiger partial charge in [0.1, 0.15) is 12.1 Å². The molecule has 0 aromatic carbocycles. The molecule has 0 spiro atoms. The van der Waals surface area contributed by atoms with E-state index in [9.17, 15) is 29.1 Å². The molecule has 0 aliphatic carbocycles. The SMILES string of the molecule is CC[C@H](C)[C@H](NC(=O)[C@@H](N)CCC(=O)O)C(=O)N[C@@H](CCC(N)=O)C(=O)O. The third kappa shape index (κ3) is 9.54. The highest BCUT2D eigenvalue weighted by atomic mass is 16.4. The summed E-state index contributed by atoms with van der Waals surface area (Å²) in [7, 11) is 0. The lowest BCUT2D eigenvalue weighted by atomic mass is 9.97. The van der Waals surface area contributed by atoms with Crippen molar-refractivity contribution in [3.8, 4) is 0 Å². The molecule has 154 valence electrons. The molecule has 0 saturated heterocycles. The first-order valence-corrected chi connectivity index (χ1v) is 8.58. The van der Waals surface area contributed by atoms with Crippen molar-refractivity contribution >= 4 is 29.7 Å². The van der Waals surface area contributed by atoms with Gasteiger partial charge in [0, 0.05) is 12.8 Å². The summed E-state index contributed by atoms with van der Waals surface area (Å²) in [6.45, 7) is 3.47. The molecule has 0 radical (unpaired) electrons. The van der Waals surface area contributed by atoms with Crippen molar-refractivity contribution in [1.82, 2.24) is 10.6 Å². The number of primary amides is 1. The van der Waals surface area contributed by atoms with E-state index >= 15 is 0 Å².